The van der Waals surface area contributed by atoms with Gasteiger partial charge in [0.25, 0.3) is 0 Å². The zero-order chi connectivity index (χ0) is 10.8. The second-order valence-electron chi connectivity index (χ2n) is 4.40. The van der Waals surface area contributed by atoms with Gasteiger partial charge in [0.2, 0.25) is 0 Å². The first kappa shape index (κ1) is 10.6. The number of pyridine rings is 1. The maximum Gasteiger partial charge on any atom is 0.0650 e. The Balaban J connectivity index is 1.83. The minimum absolute atomic E-state index is 0.473. The van der Waals surface area contributed by atoms with Crippen molar-refractivity contribution in [1.29, 1.82) is 0 Å². The van der Waals surface area contributed by atoms with Gasteiger partial charge in [0.1, 0.15) is 0 Å². The third-order valence-corrected chi connectivity index (χ3v) is 4.51. The highest BCUT2D eigenvalue weighted by Gasteiger charge is 2.33. The number of thioether (sulfide) groups is 1. The molecule has 4 heteroatoms. The largest absolute Gasteiger partial charge is 0.313 e. The zero-order valence-electron chi connectivity index (χ0n) is 9.30. The van der Waals surface area contributed by atoms with Crippen molar-refractivity contribution in [1.82, 2.24) is 15.2 Å². The Morgan fingerprint density at radius 1 is 1.38 bits per heavy atom. The molecule has 86 valence electrons. The fraction of sp³-hybridized carbons (Fsp3) is 0.583. The van der Waals surface area contributed by atoms with E-state index in [4.69, 9.17) is 0 Å². The van der Waals surface area contributed by atoms with E-state index >= 15 is 0 Å². The second-order valence-corrected chi connectivity index (χ2v) is 5.55. The van der Waals surface area contributed by atoms with E-state index in [1.165, 1.54) is 23.7 Å². The molecule has 3 nitrogen and oxygen atoms in total. The van der Waals surface area contributed by atoms with E-state index in [-0.39, 0.29) is 0 Å². The van der Waals surface area contributed by atoms with Gasteiger partial charge in [-0.2, -0.15) is 11.8 Å². The highest BCUT2D eigenvalue weighted by atomic mass is 32.2. The third-order valence-electron chi connectivity index (χ3n) is 3.42. The molecule has 16 heavy (non-hydrogen) atoms. The molecule has 2 fully saturated rings. The lowest BCUT2D eigenvalue weighted by atomic mass is 10.0. The summed E-state index contributed by atoms with van der Waals surface area (Å²) < 4.78 is 0. The Morgan fingerprint density at radius 3 is 3.25 bits per heavy atom. The van der Waals surface area contributed by atoms with Crippen LogP contribution < -0.4 is 5.32 Å². The van der Waals surface area contributed by atoms with Crippen molar-refractivity contribution in [3.05, 3.63) is 30.1 Å². The molecular weight excluding hydrogens is 218 g/mol. The van der Waals surface area contributed by atoms with E-state index in [1.54, 1.807) is 0 Å². The fourth-order valence-corrected chi connectivity index (χ4v) is 3.69. The molecule has 2 atom stereocenters. The van der Waals surface area contributed by atoms with E-state index in [0.717, 1.165) is 13.1 Å². The number of rotatable bonds is 1. The van der Waals surface area contributed by atoms with Gasteiger partial charge < -0.3 is 5.32 Å². The van der Waals surface area contributed by atoms with E-state index in [2.05, 4.69) is 39.1 Å². The van der Waals surface area contributed by atoms with Crippen molar-refractivity contribution >= 4 is 11.8 Å². The fourth-order valence-electron chi connectivity index (χ4n) is 2.61. The van der Waals surface area contributed by atoms with Crippen LogP contribution in [0.3, 0.4) is 0 Å². The predicted octanol–water partition coefficient (Wildman–Crippen LogP) is 1.14. The van der Waals surface area contributed by atoms with Gasteiger partial charge >= 0.3 is 0 Å². The first-order chi connectivity index (χ1) is 7.95. The molecule has 2 aliphatic heterocycles. The Kier molecular flexibility index (Phi) is 3.13. The average Bonchev–Trinajstić information content (AvgIpc) is 2.39. The Bertz CT molecular complexity index is 341. The molecule has 0 spiro atoms. The van der Waals surface area contributed by atoms with Crippen LogP contribution in [0.25, 0.3) is 0 Å². The van der Waals surface area contributed by atoms with E-state index < -0.39 is 0 Å². The minimum Gasteiger partial charge on any atom is -0.313 e. The number of nitrogens with zero attached hydrogens (tertiary/aromatic N) is 2. The maximum absolute atomic E-state index is 4.50. The topological polar surface area (TPSA) is 28.2 Å². The van der Waals surface area contributed by atoms with Gasteiger partial charge in [-0.3, -0.25) is 9.88 Å². The molecule has 3 rings (SSSR count). The Hall–Kier alpha value is -0.580. The second kappa shape index (κ2) is 4.73. The molecule has 0 bridgehead atoms. The number of hydrogen-bond acceptors (Lipinski definition) is 4. The number of nitrogens with one attached hydrogen (secondary N) is 1. The van der Waals surface area contributed by atoms with Crippen LogP contribution in [0.2, 0.25) is 0 Å². The molecule has 2 aliphatic rings. The minimum atomic E-state index is 0.473. The van der Waals surface area contributed by atoms with E-state index in [1.807, 2.05) is 12.3 Å². The van der Waals surface area contributed by atoms with Gasteiger partial charge in [-0.1, -0.05) is 6.07 Å². The van der Waals surface area contributed by atoms with E-state index in [0.29, 0.717) is 12.1 Å². The summed E-state index contributed by atoms with van der Waals surface area (Å²) in [7, 11) is 0. The molecule has 2 saturated heterocycles. The maximum atomic E-state index is 4.50. The van der Waals surface area contributed by atoms with Gasteiger partial charge in [-0.25, -0.2) is 0 Å². The van der Waals surface area contributed by atoms with Gasteiger partial charge in [-0.05, 0) is 12.1 Å². The number of hydrogen-bond donors (Lipinski definition) is 1. The summed E-state index contributed by atoms with van der Waals surface area (Å²) in [6.07, 6.45) is 1.90. The average molecular weight is 235 g/mol. The lowest BCUT2D eigenvalue weighted by Gasteiger charge is -2.44. The highest BCUT2D eigenvalue weighted by molar-refractivity contribution is 7.99. The van der Waals surface area contributed by atoms with Crippen LogP contribution in [0.4, 0.5) is 0 Å². The van der Waals surface area contributed by atoms with Gasteiger partial charge in [0, 0.05) is 43.4 Å². The number of fused-ring (bicyclic) bond motifs is 1. The molecule has 0 aromatic carbocycles. The zero-order valence-corrected chi connectivity index (χ0v) is 10.1. The highest BCUT2D eigenvalue weighted by Crippen LogP contribution is 2.28. The van der Waals surface area contributed by atoms with Crippen molar-refractivity contribution in [3.8, 4) is 0 Å². The van der Waals surface area contributed by atoms with Crippen molar-refractivity contribution in [2.24, 2.45) is 0 Å². The van der Waals surface area contributed by atoms with Crippen LogP contribution in [0, 0.1) is 0 Å². The van der Waals surface area contributed by atoms with Crippen molar-refractivity contribution in [2.75, 3.05) is 31.1 Å². The molecule has 3 heterocycles. The van der Waals surface area contributed by atoms with Crippen LogP contribution in [0.5, 0.6) is 0 Å². The van der Waals surface area contributed by atoms with Crippen LogP contribution >= 0.6 is 11.8 Å². The standard InChI is InChI=1S/C12H17N3S/c1-2-4-14-11(3-1)12-8-13-7-10-9-16-6-5-15(10)12/h1-4,10,12-13H,5-9H2. The summed E-state index contributed by atoms with van der Waals surface area (Å²) in [6, 6.07) is 7.39. The predicted molar refractivity (Wildman–Crippen MR) is 67.7 cm³/mol. The first-order valence-electron chi connectivity index (χ1n) is 5.90. The molecule has 1 N–H and O–H groups in total. The first-order valence-corrected chi connectivity index (χ1v) is 7.06. The van der Waals surface area contributed by atoms with E-state index in [9.17, 15) is 0 Å². The lowest BCUT2D eigenvalue weighted by molar-refractivity contribution is 0.110. The molecule has 2 unspecified atom stereocenters. The molecule has 0 amide bonds. The summed E-state index contributed by atoms with van der Waals surface area (Å²) in [5, 5.41) is 3.54. The summed E-state index contributed by atoms with van der Waals surface area (Å²) in [6.45, 7) is 3.38. The monoisotopic (exact) mass is 235 g/mol. The smallest absolute Gasteiger partial charge is 0.0650 e. The van der Waals surface area contributed by atoms with Gasteiger partial charge in [-0.15, -0.1) is 0 Å². The normalized spacial score (nSPS) is 31.0. The van der Waals surface area contributed by atoms with Gasteiger partial charge in [0.05, 0.1) is 11.7 Å². The number of aromatic nitrogens is 1. The Morgan fingerprint density at radius 2 is 2.38 bits per heavy atom. The molecule has 0 saturated carbocycles. The van der Waals surface area contributed by atoms with Crippen LogP contribution in [-0.2, 0) is 0 Å². The number of piperazine rings is 1. The molecule has 0 aliphatic carbocycles. The molecular formula is C12H17N3S. The van der Waals surface area contributed by atoms with Crippen LogP contribution in [-0.4, -0.2) is 47.1 Å². The van der Waals surface area contributed by atoms with Crippen LogP contribution in [0.15, 0.2) is 24.4 Å². The summed E-state index contributed by atoms with van der Waals surface area (Å²) in [4.78, 5) is 7.14. The van der Waals surface area contributed by atoms with Crippen molar-refractivity contribution in [2.45, 2.75) is 12.1 Å². The Labute approximate surface area is 101 Å². The summed E-state index contributed by atoms with van der Waals surface area (Å²) in [5.74, 6) is 2.52. The molecule has 1 aromatic heterocycles. The molecule has 1 aromatic rings. The van der Waals surface area contributed by atoms with Crippen molar-refractivity contribution < 1.29 is 0 Å². The molecule has 0 radical (unpaired) electrons. The van der Waals surface area contributed by atoms with Crippen molar-refractivity contribution in [3.63, 3.8) is 0 Å². The lowest BCUT2D eigenvalue weighted by Crippen LogP contribution is -2.56. The SMILES string of the molecule is c1ccc(C2CNCC3CSCCN32)nc1. The van der Waals surface area contributed by atoms with Gasteiger partial charge in [0.15, 0.2) is 0 Å². The third kappa shape index (κ3) is 1.97. The van der Waals surface area contributed by atoms with Crippen LogP contribution in [0.1, 0.15) is 11.7 Å². The summed E-state index contributed by atoms with van der Waals surface area (Å²) >= 11 is 2.08. The summed E-state index contributed by atoms with van der Waals surface area (Å²) in [5.41, 5.74) is 1.21. The quantitative estimate of drug-likeness (QED) is 0.790.